The van der Waals surface area contributed by atoms with Crippen LogP contribution in [-0.2, 0) is 0 Å². The Morgan fingerprint density at radius 1 is 0.347 bits per heavy atom. The van der Waals surface area contributed by atoms with Gasteiger partial charge in [0, 0.05) is 54.0 Å². The predicted molar refractivity (Wildman–Crippen MR) is 212 cm³/mol. The van der Waals surface area contributed by atoms with Gasteiger partial charge in [-0.2, -0.15) is 0 Å². The summed E-state index contributed by atoms with van der Waals surface area (Å²) in [5, 5.41) is 5.05. The van der Waals surface area contributed by atoms with Gasteiger partial charge in [-0.05, 0) is 89.3 Å². The van der Waals surface area contributed by atoms with Gasteiger partial charge in [-0.1, -0.05) is 121 Å². The van der Waals surface area contributed by atoms with E-state index in [1.165, 1.54) is 42.1 Å². The molecule has 0 spiro atoms. The Morgan fingerprint density at radius 2 is 0.878 bits per heavy atom. The minimum absolute atomic E-state index is 1.10. The fourth-order valence-corrected chi connectivity index (χ4v) is 8.21. The van der Waals surface area contributed by atoms with E-state index in [9.17, 15) is 0 Å². The van der Waals surface area contributed by atoms with Crippen LogP contribution in [0.15, 0.2) is 194 Å². The van der Waals surface area contributed by atoms with Gasteiger partial charge in [0.25, 0.3) is 0 Å². The van der Waals surface area contributed by atoms with E-state index in [2.05, 4.69) is 204 Å². The number of fused-ring (bicyclic) bond motifs is 4. The first kappa shape index (κ1) is 29.0. The quantitative estimate of drug-likeness (QED) is 0.170. The van der Waals surface area contributed by atoms with Crippen molar-refractivity contribution in [2.24, 2.45) is 0 Å². The lowest BCUT2D eigenvalue weighted by Crippen LogP contribution is -2.12. The molecule has 0 bridgehead atoms. The summed E-state index contributed by atoms with van der Waals surface area (Å²) in [6.07, 6.45) is 0. The Kier molecular flexibility index (Phi) is 7.38. The SMILES string of the molecule is c1ccc(N(c2ccccc2)c2ccc(N(c3cccc(-c4cccc5c4sc4ccccc45)c3)c3cccc4ccccc34)cc2)cc1. The summed E-state index contributed by atoms with van der Waals surface area (Å²) in [4.78, 5) is 4.70. The minimum atomic E-state index is 1.10. The number of rotatable bonds is 7. The molecule has 8 aromatic carbocycles. The number of hydrogen-bond acceptors (Lipinski definition) is 3. The van der Waals surface area contributed by atoms with E-state index >= 15 is 0 Å². The van der Waals surface area contributed by atoms with Gasteiger partial charge in [-0.3, -0.25) is 0 Å². The molecule has 0 atom stereocenters. The van der Waals surface area contributed by atoms with Crippen LogP contribution in [0.3, 0.4) is 0 Å². The molecule has 9 aromatic rings. The van der Waals surface area contributed by atoms with Crippen LogP contribution in [0, 0.1) is 0 Å². The molecule has 0 unspecified atom stereocenters. The van der Waals surface area contributed by atoms with E-state index in [1.54, 1.807) is 0 Å². The Bertz CT molecular complexity index is 2510. The predicted octanol–water partition coefficient (Wildman–Crippen LogP) is 13.8. The summed E-state index contributed by atoms with van der Waals surface area (Å²) < 4.78 is 2.64. The number of para-hydroxylation sites is 2. The van der Waals surface area contributed by atoms with E-state index in [1.807, 2.05) is 11.3 Å². The Hall–Kier alpha value is -6.16. The van der Waals surface area contributed by atoms with E-state index in [0.717, 1.165) is 34.1 Å². The summed E-state index contributed by atoms with van der Waals surface area (Å²) in [5.74, 6) is 0. The Balaban J connectivity index is 1.20. The summed E-state index contributed by atoms with van der Waals surface area (Å²) in [6, 6.07) is 69.7. The van der Waals surface area contributed by atoms with Crippen LogP contribution in [0.25, 0.3) is 42.1 Å². The Morgan fingerprint density at radius 3 is 1.63 bits per heavy atom. The smallest absolute Gasteiger partial charge is 0.0540 e. The highest BCUT2D eigenvalue weighted by atomic mass is 32.1. The summed E-state index contributed by atoms with van der Waals surface area (Å²) >= 11 is 1.87. The van der Waals surface area contributed by atoms with Gasteiger partial charge in [-0.15, -0.1) is 11.3 Å². The molecule has 0 aliphatic heterocycles. The van der Waals surface area contributed by atoms with Crippen LogP contribution in [-0.4, -0.2) is 0 Å². The van der Waals surface area contributed by atoms with E-state index in [4.69, 9.17) is 0 Å². The molecule has 1 heterocycles. The summed E-state index contributed by atoms with van der Waals surface area (Å²) in [7, 11) is 0. The lowest BCUT2D eigenvalue weighted by Gasteiger charge is -2.29. The molecular weight excluding hydrogens is 613 g/mol. The largest absolute Gasteiger partial charge is 0.311 e. The van der Waals surface area contributed by atoms with E-state index < -0.39 is 0 Å². The fraction of sp³-hybridized carbons (Fsp3) is 0. The van der Waals surface area contributed by atoms with Crippen LogP contribution < -0.4 is 9.80 Å². The molecule has 0 fully saturated rings. The third kappa shape index (κ3) is 5.31. The zero-order valence-corrected chi connectivity index (χ0v) is 27.6. The topological polar surface area (TPSA) is 6.48 Å². The van der Waals surface area contributed by atoms with Crippen LogP contribution in [0.5, 0.6) is 0 Å². The van der Waals surface area contributed by atoms with Gasteiger partial charge in [0.15, 0.2) is 0 Å². The second-order valence-corrected chi connectivity index (χ2v) is 13.2. The molecular formula is C46H32N2S. The van der Waals surface area contributed by atoms with Gasteiger partial charge in [0.2, 0.25) is 0 Å². The van der Waals surface area contributed by atoms with Crippen molar-refractivity contribution in [3.63, 3.8) is 0 Å². The Labute approximate surface area is 290 Å². The molecule has 0 radical (unpaired) electrons. The molecule has 1 aromatic heterocycles. The van der Waals surface area contributed by atoms with Crippen molar-refractivity contribution in [3.05, 3.63) is 194 Å². The normalized spacial score (nSPS) is 11.3. The van der Waals surface area contributed by atoms with Crippen molar-refractivity contribution in [2.45, 2.75) is 0 Å². The molecule has 0 amide bonds. The van der Waals surface area contributed by atoms with Gasteiger partial charge < -0.3 is 9.80 Å². The fourth-order valence-electron chi connectivity index (χ4n) is 6.97. The van der Waals surface area contributed by atoms with Crippen LogP contribution in [0.4, 0.5) is 34.1 Å². The minimum Gasteiger partial charge on any atom is -0.311 e. The highest BCUT2D eigenvalue weighted by molar-refractivity contribution is 7.26. The first-order valence-electron chi connectivity index (χ1n) is 16.6. The second-order valence-electron chi connectivity index (χ2n) is 12.2. The van der Waals surface area contributed by atoms with Crippen LogP contribution in [0.1, 0.15) is 0 Å². The second kappa shape index (κ2) is 12.5. The number of nitrogens with zero attached hydrogens (tertiary/aromatic N) is 2. The molecule has 9 rings (SSSR count). The van der Waals surface area contributed by atoms with Crippen molar-refractivity contribution in [1.82, 2.24) is 0 Å². The highest BCUT2D eigenvalue weighted by Crippen LogP contribution is 2.44. The van der Waals surface area contributed by atoms with Crippen molar-refractivity contribution in [2.75, 3.05) is 9.80 Å². The average molecular weight is 645 g/mol. The highest BCUT2D eigenvalue weighted by Gasteiger charge is 2.19. The van der Waals surface area contributed by atoms with Crippen molar-refractivity contribution in [3.8, 4) is 11.1 Å². The summed E-state index contributed by atoms with van der Waals surface area (Å²) in [5.41, 5.74) is 9.16. The maximum Gasteiger partial charge on any atom is 0.0540 e. The van der Waals surface area contributed by atoms with E-state index in [-0.39, 0.29) is 0 Å². The van der Waals surface area contributed by atoms with Crippen LogP contribution in [0.2, 0.25) is 0 Å². The monoisotopic (exact) mass is 644 g/mol. The van der Waals surface area contributed by atoms with Crippen molar-refractivity contribution in [1.29, 1.82) is 0 Å². The van der Waals surface area contributed by atoms with E-state index in [0.29, 0.717) is 0 Å². The van der Waals surface area contributed by atoms with Gasteiger partial charge >= 0.3 is 0 Å². The first-order valence-corrected chi connectivity index (χ1v) is 17.4. The number of thiophene rings is 1. The van der Waals surface area contributed by atoms with Crippen LogP contribution >= 0.6 is 11.3 Å². The molecule has 49 heavy (non-hydrogen) atoms. The molecule has 0 N–H and O–H groups in total. The van der Waals surface area contributed by atoms with Gasteiger partial charge in [-0.25, -0.2) is 0 Å². The lowest BCUT2D eigenvalue weighted by atomic mass is 10.0. The maximum atomic E-state index is 2.40. The molecule has 3 heteroatoms. The van der Waals surface area contributed by atoms with Crippen molar-refractivity contribution >= 4 is 76.4 Å². The number of hydrogen-bond donors (Lipinski definition) is 0. The van der Waals surface area contributed by atoms with Gasteiger partial charge in [0.1, 0.15) is 0 Å². The summed E-state index contributed by atoms with van der Waals surface area (Å²) in [6.45, 7) is 0. The van der Waals surface area contributed by atoms with Gasteiger partial charge in [0.05, 0.1) is 5.69 Å². The molecule has 0 aliphatic carbocycles. The molecule has 0 saturated heterocycles. The standard InChI is InChI=1S/C46H32N2S/c1-3-17-35(18-4-1)47(36-19-5-2-6-20-36)37-28-30-38(31-29-37)48(44-26-12-15-33-14-7-8-22-40(33)44)39-21-11-16-34(32-39)41-24-13-25-43-42-23-9-10-27-45(42)49-46(41)43/h1-32H. The average Bonchev–Trinajstić information content (AvgIpc) is 3.56. The first-order chi connectivity index (χ1) is 24.3. The maximum absolute atomic E-state index is 2.40. The zero-order chi connectivity index (χ0) is 32.6. The number of benzene rings is 8. The number of anilines is 6. The van der Waals surface area contributed by atoms with Crippen molar-refractivity contribution < 1.29 is 0 Å². The lowest BCUT2D eigenvalue weighted by molar-refractivity contribution is 1.26. The molecule has 232 valence electrons. The third-order valence-electron chi connectivity index (χ3n) is 9.22. The molecule has 2 nitrogen and oxygen atoms in total. The zero-order valence-electron chi connectivity index (χ0n) is 26.8. The molecule has 0 saturated carbocycles. The molecule has 0 aliphatic rings. The third-order valence-corrected chi connectivity index (χ3v) is 10.4.